The Morgan fingerprint density at radius 3 is 2.79 bits per heavy atom. The summed E-state index contributed by atoms with van der Waals surface area (Å²) in [5.74, 6) is 3.33. The van der Waals surface area contributed by atoms with Gasteiger partial charge in [-0.15, -0.1) is 0 Å². The minimum Gasteiger partial charge on any atom is -0.371 e. The summed E-state index contributed by atoms with van der Waals surface area (Å²) >= 11 is 2.08. The number of likely N-dealkylation sites (N-methyl/N-ethyl adjacent to an activating group) is 1. The largest absolute Gasteiger partial charge is 0.371 e. The van der Waals surface area contributed by atoms with Gasteiger partial charge in [0.15, 0.2) is 0 Å². The highest BCUT2D eigenvalue weighted by molar-refractivity contribution is 7.99. The van der Waals surface area contributed by atoms with Crippen molar-refractivity contribution in [2.24, 2.45) is 11.7 Å². The molecule has 19 heavy (non-hydrogen) atoms. The maximum Gasteiger partial charge on any atom is 0.0607 e. The monoisotopic (exact) mass is 277 g/mol. The van der Waals surface area contributed by atoms with Crippen molar-refractivity contribution in [3.8, 4) is 0 Å². The van der Waals surface area contributed by atoms with Gasteiger partial charge in [-0.25, -0.2) is 0 Å². The molecule has 0 spiro atoms. The molecule has 0 amide bonds. The molecule has 1 aromatic rings. The number of nitrogens with zero attached hydrogens (tertiary/aromatic N) is 2. The third-order valence-corrected chi connectivity index (χ3v) is 5.62. The third kappa shape index (κ3) is 2.43. The predicted octanol–water partition coefficient (Wildman–Crippen LogP) is 2.02. The molecule has 1 aromatic carbocycles. The average molecular weight is 277 g/mol. The summed E-state index contributed by atoms with van der Waals surface area (Å²) in [7, 11) is 2.18. The topological polar surface area (TPSA) is 32.5 Å². The Hall–Kier alpha value is -0.870. The molecule has 2 atom stereocenters. The van der Waals surface area contributed by atoms with Gasteiger partial charge in [0, 0.05) is 32.7 Å². The van der Waals surface area contributed by atoms with Crippen LogP contribution in [0.5, 0.6) is 0 Å². The molecule has 1 fully saturated rings. The van der Waals surface area contributed by atoms with Crippen molar-refractivity contribution in [1.29, 1.82) is 0 Å². The van der Waals surface area contributed by atoms with E-state index in [4.69, 9.17) is 5.73 Å². The van der Waals surface area contributed by atoms with Crippen molar-refractivity contribution in [2.45, 2.75) is 12.5 Å². The fourth-order valence-corrected chi connectivity index (χ4v) is 4.63. The standard InChI is InChI=1S/C15H23N3S/c1-17-7-8-18(14-5-3-2-4-13(14)17)15(10-16)12-6-9-19-11-12/h2-5,12,15H,6-11,16H2,1H3. The Balaban J connectivity index is 1.90. The molecule has 1 saturated heterocycles. The quantitative estimate of drug-likeness (QED) is 0.916. The molecule has 2 heterocycles. The van der Waals surface area contributed by atoms with E-state index >= 15 is 0 Å². The number of thioether (sulfide) groups is 1. The lowest BCUT2D eigenvalue weighted by molar-refractivity contribution is 0.434. The number of anilines is 2. The second-order valence-electron chi connectivity index (χ2n) is 5.53. The molecule has 0 saturated carbocycles. The van der Waals surface area contributed by atoms with E-state index in [0.29, 0.717) is 6.04 Å². The summed E-state index contributed by atoms with van der Waals surface area (Å²) in [5.41, 5.74) is 8.82. The van der Waals surface area contributed by atoms with E-state index in [2.05, 4.69) is 52.9 Å². The highest BCUT2D eigenvalue weighted by Crippen LogP contribution is 2.37. The Bertz CT molecular complexity index is 431. The number of para-hydroxylation sites is 2. The normalized spacial score (nSPS) is 24.4. The van der Waals surface area contributed by atoms with Crippen LogP contribution in [0.25, 0.3) is 0 Å². The van der Waals surface area contributed by atoms with E-state index < -0.39 is 0 Å². The van der Waals surface area contributed by atoms with Crippen LogP contribution >= 0.6 is 11.8 Å². The fourth-order valence-electron chi connectivity index (χ4n) is 3.30. The fraction of sp³-hybridized carbons (Fsp3) is 0.600. The lowest BCUT2D eigenvalue weighted by Crippen LogP contribution is -2.51. The van der Waals surface area contributed by atoms with Crippen LogP contribution in [-0.2, 0) is 0 Å². The van der Waals surface area contributed by atoms with Gasteiger partial charge in [0.25, 0.3) is 0 Å². The van der Waals surface area contributed by atoms with Gasteiger partial charge in [-0.05, 0) is 36.0 Å². The molecule has 4 heteroatoms. The number of rotatable bonds is 3. The Labute approximate surface area is 120 Å². The highest BCUT2D eigenvalue weighted by atomic mass is 32.2. The van der Waals surface area contributed by atoms with Crippen molar-refractivity contribution >= 4 is 23.1 Å². The first-order chi connectivity index (χ1) is 9.31. The van der Waals surface area contributed by atoms with E-state index in [1.54, 1.807) is 0 Å². The average Bonchev–Trinajstić information content (AvgIpc) is 2.96. The summed E-state index contributed by atoms with van der Waals surface area (Å²) in [6.07, 6.45) is 1.32. The molecule has 3 nitrogen and oxygen atoms in total. The molecule has 0 aliphatic carbocycles. The molecular weight excluding hydrogens is 254 g/mol. The van der Waals surface area contributed by atoms with Gasteiger partial charge in [0.1, 0.15) is 0 Å². The number of fused-ring (bicyclic) bond motifs is 1. The molecule has 104 valence electrons. The Kier molecular flexibility index (Phi) is 3.89. The summed E-state index contributed by atoms with van der Waals surface area (Å²) in [6, 6.07) is 9.24. The molecular formula is C15H23N3S. The van der Waals surface area contributed by atoms with Gasteiger partial charge in [-0.3, -0.25) is 0 Å². The summed E-state index contributed by atoms with van der Waals surface area (Å²) in [4.78, 5) is 4.91. The second kappa shape index (κ2) is 5.63. The van der Waals surface area contributed by atoms with Gasteiger partial charge in [-0.2, -0.15) is 11.8 Å². The first-order valence-corrected chi connectivity index (χ1v) is 8.31. The van der Waals surface area contributed by atoms with E-state index in [9.17, 15) is 0 Å². The van der Waals surface area contributed by atoms with Crippen LogP contribution in [0, 0.1) is 5.92 Å². The Morgan fingerprint density at radius 1 is 1.32 bits per heavy atom. The SMILES string of the molecule is CN1CCN(C(CN)C2CCSC2)c2ccccc21. The van der Waals surface area contributed by atoms with Gasteiger partial charge in [0.2, 0.25) is 0 Å². The molecule has 0 aromatic heterocycles. The van der Waals surface area contributed by atoms with Crippen LogP contribution in [0.15, 0.2) is 24.3 Å². The first kappa shape index (κ1) is 13.1. The van der Waals surface area contributed by atoms with Crippen LogP contribution in [0.3, 0.4) is 0 Å². The smallest absolute Gasteiger partial charge is 0.0607 e. The van der Waals surface area contributed by atoms with E-state index in [1.807, 2.05) is 0 Å². The Morgan fingerprint density at radius 2 is 2.11 bits per heavy atom. The van der Waals surface area contributed by atoms with Crippen LogP contribution in [0.2, 0.25) is 0 Å². The molecule has 3 rings (SSSR count). The maximum atomic E-state index is 6.11. The van der Waals surface area contributed by atoms with Gasteiger partial charge >= 0.3 is 0 Å². The molecule has 0 radical (unpaired) electrons. The zero-order valence-electron chi connectivity index (χ0n) is 11.6. The van der Waals surface area contributed by atoms with Crippen molar-refractivity contribution in [3.05, 3.63) is 24.3 Å². The van der Waals surface area contributed by atoms with Crippen molar-refractivity contribution in [2.75, 3.05) is 48.0 Å². The minimum absolute atomic E-state index is 0.504. The highest BCUT2D eigenvalue weighted by Gasteiger charge is 2.32. The van der Waals surface area contributed by atoms with Crippen molar-refractivity contribution in [1.82, 2.24) is 0 Å². The molecule has 2 unspecified atom stereocenters. The van der Waals surface area contributed by atoms with E-state index in [0.717, 1.165) is 25.6 Å². The number of benzene rings is 1. The van der Waals surface area contributed by atoms with Crippen LogP contribution in [-0.4, -0.2) is 44.2 Å². The molecule has 0 bridgehead atoms. The molecule has 2 N–H and O–H groups in total. The van der Waals surface area contributed by atoms with Crippen LogP contribution in [0.1, 0.15) is 6.42 Å². The summed E-state index contributed by atoms with van der Waals surface area (Å²) in [5, 5.41) is 0. The number of hydrogen-bond acceptors (Lipinski definition) is 4. The maximum absolute atomic E-state index is 6.11. The second-order valence-corrected chi connectivity index (χ2v) is 6.68. The number of nitrogens with two attached hydrogens (primary N) is 1. The zero-order valence-corrected chi connectivity index (χ0v) is 12.4. The number of hydrogen-bond donors (Lipinski definition) is 1. The summed E-state index contributed by atoms with van der Waals surface area (Å²) < 4.78 is 0. The van der Waals surface area contributed by atoms with Crippen LogP contribution < -0.4 is 15.5 Å². The van der Waals surface area contributed by atoms with Crippen LogP contribution in [0.4, 0.5) is 11.4 Å². The van der Waals surface area contributed by atoms with E-state index in [-0.39, 0.29) is 0 Å². The minimum atomic E-state index is 0.504. The van der Waals surface area contributed by atoms with Gasteiger partial charge < -0.3 is 15.5 Å². The third-order valence-electron chi connectivity index (χ3n) is 4.43. The van der Waals surface area contributed by atoms with Crippen molar-refractivity contribution < 1.29 is 0 Å². The lowest BCUT2D eigenvalue weighted by Gasteiger charge is -2.43. The van der Waals surface area contributed by atoms with Gasteiger partial charge in [0.05, 0.1) is 11.4 Å². The lowest BCUT2D eigenvalue weighted by atomic mass is 9.96. The molecule has 2 aliphatic heterocycles. The van der Waals surface area contributed by atoms with Gasteiger partial charge in [-0.1, -0.05) is 12.1 Å². The molecule has 2 aliphatic rings. The van der Waals surface area contributed by atoms with Crippen molar-refractivity contribution in [3.63, 3.8) is 0 Å². The van der Waals surface area contributed by atoms with E-state index in [1.165, 1.54) is 29.3 Å². The summed E-state index contributed by atoms with van der Waals surface area (Å²) in [6.45, 7) is 2.95. The first-order valence-electron chi connectivity index (χ1n) is 7.16. The zero-order chi connectivity index (χ0) is 13.2. The predicted molar refractivity (Wildman–Crippen MR) is 85.3 cm³/mol.